The van der Waals surface area contributed by atoms with Gasteiger partial charge < -0.3 is 5.32 Å². The summed E-state index contributed by atoms with van der Waals surface area (Å²) in [6.45, 7) is 1.92. The van der Waals surface area contributed by atoms with Gasteiger partial charge in [0.25, 0.3) is 10.0 Å². The van der Waals surface area contributed by atoms with E-state index in [1.54, 1.807) is 48.8 Å². The standard InChI is InChI=1S/C25H22Cl2N6O2S/c1-15-2-7-19(8-3-15)36(34,35)32-11-10-22-25(32)28-14-23-30-31-24(33(22)23)16-4-5-17(12-16)29-18-6-9-20(26)21(27)13-18/h2-3,6-11,13-14,16-17,29H,4-5,12H2,1H3/t16-,17-/m1/s1. The van der Waals surface area contributed by atoms with Gasteiger partial charge in [-0.1, -0.05) is 40.9 Å². The number of nitrogens with zero attached hydrogens (tertiary/aromatic N) is 5. The molecule has 2 aromatic carbocycles. The van der Waals surface area contributed by atoms with Gasteiger partial charge in [0.2, 0.25) is 0 Å². The Morgan fingerprint density at radius 3 is 2.58 bits per heavy atom. The molecule has 36 heavy (non-hydrogen) atoms. The van der Waals surface area contributed by atoms with E-state index in [4.69, 9.17) is 23.2 Å². The van der Waals surface area contributed by atoms with E-state index in [1.807, 2.05) is 23.5 Å². The number of rotatable bonds is 5. The third-order valence-electron chi connectivity index (χ3n) is 6.73. The summed E-state index contributed by atoms with van der Waals surface area (Å²) in [5.41, 5.74) is 3.50. The van der Waals surface area contributed by atoms with Crippen LogP contribution in [0.1, 0.15) is 36.6 Å². The SMILES string of the molecule is Cc1ccc(S(=O)(=O)n2ccc3c2ncc2nnc([C@@H]4CC[C@@H](Nc5ccc(Cl)c(Cl)c5)C4)n23)cc1. The first-order valence-electron chi connectivity index (χ1n) is 11.6. The zero-order valence-corrected chi connectivity index (χ0v) is 21.6. The molecule has 3 aromatic heterocycles. The lowest BCUT2D eigenvalue weighted by atomic mass is 10.1. The van der Waals surface area contributed by atoms with Crippen molar-refractivity contribution in [3.63, 3.8) is 0 Å². The van der Waals surface area contributed by atoms with Gasteiger partial charge >= 0.3 is 0 Å². The molecule has 8 nitrogen and oxygen atoms in total. The fourth-order valence-corrected chi connectivity index (χ4v) is 6.50. The Kier molecular flexibility index (Phi) is 5.66. The number of nitrogens with one attached hydrogen (secondary N) is 1. The molecule has 1 aliphatic rings. The van der Waals surface area contributed by atoms with Crippen molar-refractivity contribution in [1.29, 1.82) is 0 Å². The van der Waals surface area contributed by atoms with Gasteiger partial charge in [0, 0.05) is 23.8 Å². The van der Waals surface area contributed by atoms with Crippen LogP contribution in [0.5, 0.6) is 0 Å². The summed E-state index contributed by atoms with van der Waals surface area (Å²) in [7, 11) is -3.80. The third kappa shape index (κ3) is 3.91. The molecule has 1 saturated carbocycles. The molecule has 3 heterocycles. The van der Waals surface area contributed by atoms with E-state index in [0.717, 1.165) is 36.3 Å². The monoisotopic (exact) mass is 540 g/mol. The van der Waals surface area contributed by atoms with Gasteiger partial charge in [0.1, 0.15) is 5.82 Å². The molecule has 0 aliphatic heterocycles. The van der Waals surface area contributed by atoms with Crippen LogP contribution in [-0.4, -0.2) is 38.0 Å². The molecule has 0 saturated heterocycles. The molecule has 0 amide bonds. The second kappa shape index (κ2) is 8.76. The third-order valence-corrected chi connectivity index (χ3v) is 9.15. The zero-order chi connectivity index (χ0) is 25.0. The van der Waals surface area contributed by atoms with Crippen molar-refractivity contribution in [2.75, 3.05) is 5.32 Å². The minimum absolute atomic E-state index is 0.155. The van der Waals surface area contributed by atoms with Crippen molar-refractivity contribution < 1.29 is 8.42 Å². The fourth-order valence-electron chi connectivity index (χ4n) is 4.90. The number of halogens is 2. The molecule has 1 fully saturated rings. The minimum Gasteiger partial charge on any atom is -0.382 e. The van der Waals surface area contributed by atoms with E-state index in [1.165, 1.54) is 3.97 Å². The molecule has 2 atom stereocenters. The molecule has 184 valence electrons. The molecule has 1 aliphatic carbocycles. The highest BCUT2D eigenvalue weighted by atomic mass is 35.5. The summed E-state index contributed by atoms with van der Waals surface area (Å²) >= 11 is 12.2. The Hall–Kier alpha value is -3.14. The highest BCUT2D eigenvalue weighted by molar-refractivity contribution is 7.90. The quantitative estimate of drug-likeness (QED) is 0.308. The van der Waals surface area contributed by atoms with Crippen LogP contribution in [0.4, 0.5) is 5.69 Å². The predicted molar refractivity (Wildman–Crippen MR) is 141 cm³/mol. The van der Waals surface area contributed by atoms with Crippen LogP contribution in [-0.2, 0) is 10.0 Å². The molecule has 6 rings (SSSR count). The topological polar surface area (TPSA) is 94.2 Å². The number of hydrogen-bond acceptors (Lipinski definition) is 6. The van der Waals surface area contributed by atoms with Crippen LogP contribution in [0.2, 0.25) is 10.0 Å². The maximum absolute atomic E-state index is 13.4. The lowest BCUT2D eigenvalue weighted by Crippen LogP contribution is -2.15. The van der Waals surface area contributed by atoms with Crippen molar-refractivity contribution in [2.24, 2.45) is 0 Å². The van der Waals surface area contributed by atoms with Crippen molar-refractivity contribution in [2.45, 2.75) is 43.0 Å². The maximum atomic E-state index is 13.4. The van der Waals surface area contributed by atoms with Gasteiger partial charge in [0.05, 0.1) is 26.7 Å². The van der Waals surface area contributed by atoms with Crippen LogP contribution < -0.4 is 5.32 Å². The van der Waals surface area contributed by atoms with E-state index >= 15 is 0 Å². The lowest BCUT2D eigenvalue weighted by molar-refractivity contribution is 0.588. The molecule has 0 bridgehead atoms. The Bertz CT molecular complexity index is 1710. The average Bonchev–Trinajstić information content (AvgIpc) is 3.59. The molecule has 11 heteroatoms. The fraction of sp³-hybridized carbons (Fsp3) is 0.240. The molecular weight excluding hydrogens is 519 g/mol. The summed E-state index contributed by atoms with van der Waals surface area (Å²) in [6.07, 6.45) is 5.84. The van der Waals surface area contributed by atoms with Gasteiger partial charge in [0.15, 0.2) is 11.3 Å². The highest BCUT2D eigenvalue weighted by Crippen LogP contribution is 2.37. The molecule has 0 unspecified atom stereocenters. The van der Waals surface area contributed by atoms with Gasteiger partial charge in [-0.15, -0.1) is 10.2 Å². The second-order valence-corrected chi connectivity index (χ2v) is 11.8. The van der Waals surface area contributed by atoms with Gasteiger partial charge in [-0.25, -0.2) is 17.4 Å². The first-order chi connectivity index (χ1) is 17.3. The Morgan fingerprint density at radius 2 is 1.81 bits per heavy atom. The van der Waals surface area contributed by atoms with Gasteiger partial charge in [-0.3, -0.25) is 4.40 Å². The first kappa shape index (κ1) is 23.3. The predicted octanol–water partition coefficient (Wildman–Crippen LogP) is 5.68. The molecular formula is C25H22Cl2N6O2S. The number of fused-ring (bicyclic) bond motifs is 3. The van der Waals surface area contributed by atoms with E-state index < -0.39 is 10.0 Å². The minimum atomic E-state index is -3.80. The van der Waals surface area contributed by atoms with Crippen LogP contribution in [0, 0.1) is 6.92 Å². The molecule has 0 radical (unpaired) electrons. The number of hydrogen-bond donors (Lipinski definition) is 1. The summed E-state index contributed by atoms with van der Waals surface area (Å²) in [6, 6.07) is 14.3. The van der Waals surface area contributed by atoms with Crippen LogP contribution >= 0.6 is 23.2 Å². The summed E-state index contributed by atoms with van der Waals surface area (Å²) in [5, 5.41) is 13.4. The normalized spacial score (nSPS) is 18.3. The van der Waals surface area contributed by atoms with Crippen LogP contribution in [0.25, 0.3) is 16.8 Å². The summed E-state index contributed by atoms with van der Waals surface area (Å²) in [5.74, 6) is 0.962. The number of anilines is 1. The second-order valence-electron chi connectivity index (χ2n) is 9.13. The van der Waals surface area contributed by atoms with Crippen molar-refractivity contribution in [1.82, 2.24) is 23.6 Å². The highest BCUT2D eigenvalue weighted by Gasteiger charge is 2.31. The number of benzene rings is 2. The Labute approximate surface area is 217 Å². The largest absolute Gasteiger partial charge is 0.382 e. The van der Waals surface area contributed by atoms with E-state index in [-0.39, 0.29) is 16.9 Å². The molecule has 1 N–H and O–H groups in total. The zero-order valence-electron chi connectivity index (χ0n) is 19.3. The molecule has 5 aromatic rings. The smallest absolute Gasteiger partial charge is 0.269 e. The van der Waals surface area contributed by atoms with Crippen molar-refractivity contribution >= 4 is 55.7 Å². The summed E-state index contributed by atoms with van der Waals surface area (Å²) in [4.78, 5) is 4.64. The average molecular weight is 541 g/mol. The Morgan fingerprint density at radius 1 is 1.00 bits per heavy atom. The van der Waals surface area contributed by atoms with Gasteiger partial charge in [-0.2, -0.15) is 0 Å². The summed E-state index contributed by atoms with van der Waals surface area (Å²) < 4.78 is 29.9. The van der Waals surface area contributed by atoms with Crippen LogP contribution in [0.15, 0.2) is 65.8 Å². The lowest BCUT2D eigenvalue weighted by Gasteiger charge is -2.15. The van der Waals surface area contributed by atoms with Crippen molar-refractivity contribution in [3.05, 3.63) is 82.4 Å². The number of aryl methyl sites for hydroxylation is 1. The maximum Gasteiger partial charge on any atom is 0.269 e. The van der Waals surface area contributed by atoms with E-state index in [9.17, 15) is 8.42 Å². The molecule has 0 spiro atoms. The number of aromatic nitrogens is 5. The first-order valence-corrected chi connectivity index (χ1v) is 13.8. The van der Waals surface area contributed by atoms with Crippen LogP contribution in [0.3, 0.4) is 0 Å². The van der Waals surface area contributed by atoms with E-state index in [0.29, 0.717) is 26.9 Å². The van der Waals surface area contributed by atoms with E-state index in [2.05, 4.69) is 20.5 Å². The van der Waals surface area contributed by atoms with Crippen molar-refractivity contribution in [3.8, 4) is 0 Å². The Balaban J connectivity index is 1.33. The van der Waals surface area contributed by atoms with Gasteiger partial charge in [-0.05, 0) is 62.6 Å².